The van der Waals surface area contributed by atoms with E-state index in [-0.39, 0.29) is 12.4 Å². The minimum absolute atomic E-state index is 0.174. The summed E-state index contributed by atoms with van der Waals surface area (Å²) in [7, 11) is 0. The van der Waals surface area contributed by atoms with Crippen molar-refractivity contribution in [1.29, 1.82) is 0 Å². The van der Waals surface area contributed by atoms with Gasteiger partial charge >= 0.3 is 5.97 Å². The third kappa shape index (κ3) is 4.29. The summed E-state index contributed by atoms with van der Waals surface area (Å²) in [6.45, 7) is 9.21. The number of nitrogens with zero attached hydrogens (tertiary/aromatic N) is 2. The highest BCUT2D eigenvalue weighted by molar-refractivity contribution is 5.71. The lowest BCUT2D eigenvalue weighted by molar-refractivity contribution is -0.142. The van der Waals surface area contributed by atoms with Gasteiger partial charge in [-0.05, 0) is 43.4 Å². The number of ether oxygens (including phenoxy) is 1. The lowest BCUT2D eigenvalue weighted by Crippen LogP contribution is -2.30. The molecule has 2 atom stereocenters. The Bertz CT molecular complexity index is 460. The van der Waals surface area contributed by atoms with Crippen molar-refractivity contribution < 1.29 is 9.53 Å². The van der Waals surface area contributed by atoms with Crippen LogP contribution in [0.25, 0.3) is 0 Å². The Labute approximate surface area is 126 Å². The molecule has 0 radical (unpaired) electrons. The number of nitrogens with one attached hydrogen (secondary N) is 1. The summed E-state index contributed by atoms with van der Waals surface area (Å²) in [5, 5.41) is 7.13. The van der Waals surface area contributed by atoms with E-state index in [1.54, 1.807) is 6.92 Å². The number of aromatic amines is 1. The van der Waals surface area contributed by atoms with Gasteiger partial charge in [0.1, 0.15) is 12.2 Å². The normalized spacial score (nSPS) is 29.3. The second-order valence-electron chi connectivity index (χ2n) is 6.58. The van der Waals surface area contributed by atoms with Gasteiger partial charge in [0, 0.05) is 6.42 Å². The van der Waals surface area contributed by atoms with Crippen LogP contribution >= 0.6 is 0 Å². The van der Waals surface area contributed by atoms with Gasteiger partial charge < -0.3 is 4.74 Å². The number of hydrogen-bond acceptors (Lipinski definition) is 4. The largest absolute Gasteiger partial charge is 0.466 e. The molecule has 0 bridgehead atoms. The molecule has 1 fully saturated rings. The third-order valence-electron chi connectivity index (χ3n) is 4.62. The zero-order valence-corrected chi connectivity index (χ0v) is 13.6. The minimum atomic E-state index is -0.256. The molecular weight excluding hydrogens is 266 g/mol. The first-order chi connectivity index (χ1) is 9.99. The smallest absolute Gasteiger partial charge is 0.313 e. The highest BCUT2D eigenvalue weighted by atomic mass is 16.5. The Morgan fingerprint density at radius 1 is 1.29 bits per heavy atom. The predicted octanol–water partition coefficient (Wildman–Crippen LogP) is 2.77. The van der Waals surface area contributed by atoms with Crippen molar-refractivity contribution in [3.63, 3.8) is 0 Å². The predicted molar refractivity (Wildman–Crippen MR) is 80.6 cm³/mol. The van der Waals surface area contributed by atoms with Crippen LogP contribution in [0.1, 0.15) is 52.2 Å². The number of rotatable bonds is 5. The van der Waals surface area contributed by atoms with Gasteiger partial charge in [0.15, 0.2) is 5.82 Å². The zero-order valence-electron chi connectivity index (χ0n) is 13.6. The lowest BCUT2D eigenvalue weighted by Gasteiger charge is -2.37. The summed E-state index contributed by atoms with van der Waals surface area (Å²) >= 11 is 0. The van der Waals surface area contributed by atoms with Gasteiger partial charge in [-0.15, -0.1) is 0 Å². The summed E-state index contributed by atoms with van der Waals surface area (Å²) in [6, 6.07) is 0. The summed E-state index contributed by atoms with van der Waals surface area (Å²) in [6.07, 6.45) is 3.65. The van der Waals surface area contributed by atoms with Gasteiger partial charge in [0.25, 0.3) is 0 Å². The average molecular weight is 293 g/mol. The second kappa shape index (κ2) is 7.05. The van der Waals surface area contributed by atoms with E-state index in [4.69, 9.17) is 4.74 Å². The van der Waals surface area contributed by atoms with Crippen LogP contribution in [-0.2, 0) is 22.4 Å². The molecule has 1 saturated carbocycles. The Hall–Kier alpha value is -1.39. The summed E-state index contributed by atoms with van der Waals surface area (Å²) < 4.78 is 4.92. The van der Waals surface area contributed by atoms with E-state index in [1.165, 1.54) is 12.8 Å². The Balaban J connectivity index is 1.94. The maximum atomic E-state index is 11.4. The topological polar surface area (TPSA) is 67.9 Å². The summed E-state index contributed by atoms with van der Waals surface area (Å²) in [5.74, 6) is 4.03. The first-order valence-corrected chi connectivity index (χ1v) is 8.05. The number of aromatic nitrogens is 3. The van der Waals surface area contributed by atoms with Crippen molar-refractivity contribution >= 4 is 5.97 Å². The second-order valence-corrected chi connectivity index (χ2v) is 6.58. The molecule has 0 saturated heterocycles. The maximum Gasteiger partial charge on any atom is 0.313 e. The van der Waals surface area contributed by atoms with Crippen molar-refractivity contribution in [1.82, 2.24) is 15.2 Å². The molecule has 21 heavy (non-hydrogen) atoms. The van der Waals surface area contributed by atoms with Crippen LogP contribution in [0.15, 0.2) is 0 Å². The molecule has 118 valence electrons. The van der Waals surface area contributed by atoms with Gasteiger partial charge in [-0.2, -0.15) is 5.10 Å². The van der Waals surface area contributed by atoms with Crippen LogP contribution in [0.4, 0.5) is 0 Å². The molecule has 1 aromatic rings. The molecule has 1 N–H and O–H groups in total. The monoisotopic (exact) mass is 293 g/mol. The van der Waals surface area contributed by atoms with Gasteiger partial charge in [0.2, 0.25) is 0 Å². The molecule has 0 aliphatic heterocycles. The lowest BCUT2D eigenvalue weighted by atomic mass is 9.68. The Kier molecular flexibility index (Phi) is 5.37. The quantitative estimate of drug-likeness (QED) is 0.848. The van der Waals surface area contributed by atoms with Crippen LogP contribution in [-0.4, -0.2) is 27.8 Å². The third-order valence-corrected chi connectivity index (χ3v) is 4.62. The van der Waals surface area contributed by atoms with E-state index >= 15 is 0 Å². The molecule has 1 heterocycles. The van der Waals surface area contributed by atoms with E-state index in [0.29, 0.717) is 30.2 Å². The maximum absolute atomic E-state index is 11.4. The molecule has 1 aliphatic carbocycles. The number of H-pyrrole nitrogens is 1. The van der Waals surface area contributed by atoms with Gasteiger partial charge in [-0.3, -0.25) is 9.89 Å². The molecule has 0 aromatic carbocycles. The van der Waals surface area contributed by atoms with E-state index in [9.17, 15) is 4.79 Å². The summed E-state index contributed by atoms with van der Waals surface area (Å²) in [4.78, 5) is 15.9. The number of carbonyl (C=O) groups excluding carboxylic acids is 1. The molecule has 2 unspecified atom stereocenters. The highest BCUT2D eigenvalue weighted by Crippen LogP contribution is 2.39. The first-order valence-electron chi connectivity index (χ1n) is 8.05. The minimum Gasteiger partial charge on any atom is -0.466 e. The molecule has 2 rings (SSSR count). The van der Waals surface area contributed by atoms with E-state index in [0.717, 1.165) is 18.2 Å². The van der Waals surface area contributed by atoms with Crippen LogP contribution in [0.3, 0.4) is 0 Å². The van der Waals surface area contributed by atoms with Gasteiger partial charge in [-0.25, -0.2) is 4.98 Å². The van der Waals surface area contributed by atoms with E-state index in [1.807, 2.05) is 0 Å². The molecule has 5 heteroatoms. The fraction of sp³-hybridized carbons (Fsp3) is 0.812. The Morgan fingerprint density at radius 2 is 1.95 bits per heavy atom. The average Bonchev–Trinajstić information content (AvgIpc) is 2.81. The van der Waals surface area contributed by atoms with Gasteiger partial charge in [0.05, 0.1) is 6.61 Å². The Morgan fingerprint density at radius 3 is 2.57 bits per heavy atom. The fourth-order valence-corrected chi connectivity index (χ4v) is 3.74. The number of carbonyl (C=O) groups is 1. The van der Waals surface area contributed by atoms with Crippen LogP contribution in [0.5, 0.6) is 0 Å². The summed E-state index contributed by atoms with van der Waals surface area (Å²) in [5.41, 5.74) is 0. The molecule has 5 nitrogen and oxygen atoms in total. The zero-order chi connectivity index (χ0) is 15.4. The molecule has 0 amide bonds. The molecule has 1 aromatic heterocycles. The highest BCUT2D eigenvalue weighted by Gasteiger charge is 2.32. The number of hydrogen-bond donors (Lipinski definition) is 1. The van der Waals surface area contributed by atoms with Crippen molar-refractivity contribution in [3.05, 3.63) is 11.6 Å². The van der Waals surface area contributed by atoms with Crippen LogP contribution < -0.4 is 0 Å². The van der Waals surface area contributed by atoms with Crippen molar-refractivity contribution in [2.24, 2.45) is 23.7 Å². The van der Waals surface area contributed by atoms with Crippen molar-refractivity contribution in [2.45, 2.75) is 53.4 Å². The van der Waals surface area contributed by atoms with Gasteiger partial charge in [-0.1, -0.05) is 20.8 Å². The van der Waals surface area contributed by atoms with Crippen molar-refractivity contribution in [3.8, 4) is 0 Å². The molecule has 0 spiro atoms. The van der Waals surface area contributed by atoms with Crippen molar-refractivity contribution in [2.75, 3.05) is 6.61 Å². The number of esters is 1. The van der Waals surface area contributed by atoms with Crippen LogP contribution in [0.2, 0.25) is 0 Å². The molecule has 1 aliphatic rings. The first kappa shape index (κ1) is 16.0. The molecular formula is C16H27N3O2. The van der Waals surface area contributed by atoms with E-state index < -0.39 is 0 Å². The standard InChI is InChI=1S/C16H27N3O2/c1-5-21-16(20)9-15-17-14(18-19-15)8-13-11(3)6-10(2)7-12(13)4/h10-13H,5-9H2,1-4H3,(H,17,18,19). The SMILES string of the molecule is CCOC(=O)Cc1nc(CC2C(C)CC(C)CC2C)n[nH]1. The fourth-order valence-electron chi connectivity index (χ4n) is 3.74. The van der Waals surface area contributed by atoms with E-state index in [2.05, 4.69) is 36.0 Å². The van der Waals surface area contributed by atoms with Crippen LogP contribution in [0, 0.1) is 23.7 Å².